The van der Waals surface area contributed by atoms with E-state index < -0.39 is 0 Å². The second-order valence-corrected chi connectivity index (χ2v) is 4.43. The van der Waals surface area contributed by atoms with E-state index in [0.717, 1.165) is 16.8 Å². The number of rotatable bonds is 4. The molecule has 0 saturated carbocycles. The van der Waals surface area contributed by atoms with Crippen LogP contribution in [-0.2, 0) is 6.54 Å². The molecule has 0 aliphatic heterocycles. The maximum atomic E-state index is 4.42. The van der Waals surface area contributed by atoms with Gasteiger partial charge in [-0.15, -0.1) is 0 Å². The molecule has 0 radical (unpaired) electrons. The molecule has 3 heterocycles. The maximum Gasteiger partial charge on any atom is 0.226 e. The molecule has 0 aliphatic rings. The first-order valence-electron chi connectivity index (χ1n) is 6.30. The summed E-state index contributed by atoms with van der Waals surface area (Å²) < 4.78 is 0. The third kappa shape index (κ3) is 2.25. The number of aromatic amines is 1. The van der Waals surface area contributed by atoms with Crippen LogP contribution in [0.1, 0.15) is 11.1 Å². The fourth-order valence-corrected chi connectivity index (χ4v) is 1.94. The van der Waals surface area contributed by atoms with Gasteiger partial charge < -0.3 is 10.6 Å². The Morgan fingerprint density at radius 1 is 1.25 bits per heavy atom. The van der Waals surface area contributed by atoms with Gasteiger partial charge in [0.25, 0.3) is 0 Å². The Balaban J connectivity index is 1.90. The van der Waals surface area contributed by atoms with Crippen molar-refractivity contribution < 1.29 is 0 Å². The Bertz CT molecular complexity index is 734. The second-order valence-electron chi connectivity index (χ2n) is 4.43. The maximum absolute atomic E-state index is 4.42. The molecule has 0 saturated heterocycles. The average molecular weight is 269 g/mol. The SMILES string of the molecule is CNc1nc(NCc2cnccc2C)c2cn[nH]c2n1. The largest absolute Gasteiger partial charge is 0.365 e. The number of hydrogen-bond donors (Lipinski definition) is 3. The molecule has 0 fully saturated rings. The van der Waals surface area contributed by atoms with Crippen molar-refractivity contribution in [2.75, 3.05) is 17.7 Å². The van der Waals surface area contributed by atoms with Gasteiger partial charge in [0.05, 0.1) is 11.6 Å². The molecule has 7 nitrogen and oxygen atoms in total. The molecule has 0 amide bonds. The van der Waals surface area contributed by atoms with Gasteiger partial charge in [-0.1, -0.05) is 0 Å². The van der Waals surface area contributed by atoms with Gasteiger partial charge in [-0.2, -0.15) is 15.1 Å². The van der Waals surface area contributed by atoms with Gasteiger partial charge in [0.1, 0.15) is 5.82 Å². The zero-order chi connectivity index (χ0) is 13.9. The van der Waals surface area contributed by atoms with Gasteiger partial charge in [0.15, 0.2) is 5.65 Å². The molecule has 0 bridgehead atoms. The lowest BCUT2D eigenvalue weighted by atomic mass is 10.1. The number of anilines is 2. The van der Waals surface area contributed by atoms with Crippen molar-refractivity contribution in [3.8, 4) is 0 Å². The summed E-state index contributed by atoms with van der Waals surface area (Å²) in [5.41, 5.74) is 3.03. The van der Waals surface area contributed by atoms with Crippen LogP contribution in [-0.4, -0.2) is 32.2 Å². The highest BCUT2D eigenvalue weighted by molar-refractivity contribution is 5.86. The number of hydrogen-bond acceptors (Lipinski definition) is 6. The Hall–Kier alpha value is -2.70. The number of fused-ring (bicyclic) bond motifs is 1. The standard InChI is InChI=1S/C13H15N7/c1-8-3-4-15-5-9(8)6-16-11-10-7-17-20-12(10)19-13(14-2)18-11/h3-5,7H,6H2,1-2H3,(H3,14,16,17,18,19,20). The normalized spacial score (nSPS) is 10.7. The molecule has 0 spiro atoms. The van der Waals surface area contributed by atoms with E-state index in [0.29, 0.717) is 18.1 Å². The monoisotopic (exact) mass is 269 g/mol. The van der Waals surface area contributed by atoms with Crippen molar-refractivity contribution in [3.63, 3.8) is 0 Å². The number of pyridine rings is 1. The van der Waals surface area contributed by atoms with Gasteiger partial charge in [0, 0.05) is 26.0 Å². The molecule has 3 rings (SSSR count). The molecule has 3 aromatic rings. The summed E-state index contributed by atoms with van der Waals surface area (Å²) in [4.78, 5) is 12.9. The van der Waals surface area contributed by atoms with E-state index in [9.17, 15) is 0 Å². The minimum atomic E-state index is 0.548. The van der Waals surface area contributed by atoms with Gasteiger partial charge in [0.2, 0.25) is 5.95 Å². The highest BCUT2D eigenvalue weighted by Crippen LogP contribution is 2.20. The zero-order valence-electron chi connectivity index (χ0n) is 11.3. The van der Waals surface area contributed by atoms with E-state index in [1.165, 1.54) is 5.56 Å². The van der Waals surface area contributed by atoms with Crippen LogP contribution < -0.4 is 10.6 Å². The number of aryl methyl sites for hydroxylation is 1. The van der Waals surface area contributed by atoms with E-state index >= 15 is 0 Å². The van der Waals surface area contributed by atoms with Gasteiger partial charge in [-0.25, -0.2) is 0 Å². The predicted octanol–water partition coefficient (Wildman–Crippen LogP) is 1.71. The highest BCUT2D eigenvalue weighted by Gasteiger charge is 2.09. The van der Waals surface area contributed by atoms with Crippen molar-refractivity contribution >= 4 is 22.8 Å². The van der Waals surface area contributed by atoms with Gasteiger partial charge in [-0.3, -0.25) is 10.1 Å². The molecular weight excluding hydrogens is 254 g/mol. The van der Waals surface area contributed by atoms with Crippen LogP contribution >= 0.6 is 0 Å². The minimum Gasteiger partial charge on any atom is -0.365 e. The number of aromatic nitrogens is 5. The average Bonchev–Trinajstić information content (AvgIpc) is 2.94. The molecule has 3 N–H and O–H groups in total. The Labute approximate surface area is 115 Å². The first-order chi connectivity index (χ1) is 9.78. The molecule has 20 heavy (non-hydrogen) atoms. The lowest BCUT2D eigenvalue weighted by molar-refractivity contribution is 1.05. The van der Waals surface area contributed by atoms with E-state index in [1.54, 1.807) is 19.4 Å². The molecule has 0 aliphatic carbocycles. The molecule has 0 aromatic carbocycles. The van der Waals surface area contributed by atoms with Crippen LogP contribution in [0.5, 0.6) is 0 Å². The van der Waals surface area contributed by atoms with Gasteiger partial charge >= 0.3 is 0 Å². The number of nitrogens with one attached hydrogen (secondary N) is 3. The zero-order valence-corrected chi connectivity index (χ0v) is 11.3. The van der Waals surface area contributed by atoms with Crippen LogP contribution in [0.25, 0.3) is 11.0 Å². The highest BCUT2D eigenvalue weighted by atomic mass is 15.2. The minimum absolute atomic E-state index is 0.548. The van der Waals surface area contributed by atoms with Crippen molar-refractivity contribution in [1.82, 2.24) is 25.1 Å². The van der Waals surface area contributed by atoms with Crippen molar-refractivity contribution in [2.24, 2.45) is 0 Å². The van der Waals surface area contributed by atoms with Crippen molar-refractivity contribution in [1.29, 1.82) is 0 Å². The van der Waals surface area contributed by atoms with Crippen LogP contribution in [0.15, 0.2) is 24.7 Å². The predicted molar refractivity (Wildman–Crippen MR) is 77.5 cm³/mol. The third-order valence-corrected chi connectivity index (χ3v) is 3.13. The van der Waals surface area contributed by atoms with E-state index in [4.69, 9.17) is 0 Å². The van der Waals surface area contributed by atoms with Crippen LogP contribution in [0.2, 0.25) is 0 Å². The second kappa shape index (κ2) is 5.12. The summed E-state index contributed by atoms with van der Waals surface area (Å²) >= 11 is 0. The van der Waals surface area contributed by atoms with Crippen molar-refractivity contribution in [2.45, 2.75) is 13.5 Å². The molecule has 0 atom stereocenters. The van der Waals surface area contributed by atoms with Crippen molar-refractivity contribution in [3.05, 3.63) is 35.8 Å². The number of nitrogens with zero attached hydrogens (tertiary/aromatic N) is 4. The first kappa shape index (κ1) is 12.3. The molecule has 102 valence electrons. The van der Waals surface area contributed by atoms with E-state index in [-0.39, 0.29) is 0 Å². The topological polar surface area (TPSA) is 91.4 Å². The summed E-state index contributed by atoms with van der Waals surface area (Å²) in [7, 11) is 1.78. The van der Waals surface area contributed by atoms with Gasteiger partial charge in [-0.05, 0) is 24.1 Å². The molecule has 3 aromatic heterocycles. The van der Waals surface area contributed by atoms with Crippen LogP contribution in [0.3, 0.4) is 0 Å². The van der Waals surface area contributed by atoms with E-state index in [1.807, 2.05) is 12.3 Å². The Kier molecular flexibility index (Phi) is 3.16. The first-order valence-corrected chi connectivity index (χ1v) is 6.30. The fourth-order valence-electron chi connectivity index (χ4n) is 1.94. The lowest BCUT2D eigenvalue weighted by Crippen LogP contribution is -2.06. The summed E-state index contributed by atoms with van der Waals surface area (Å²) in [6, 6.07) is 1.99. The quantitative estimate of drug-likeness (QED) is 0.668. The van der Waals surface area contributed by atoms with Crippen LogP contribution in [0, 0.1) is 6.92 Å². The van der Waals surface area contributed by atoms with E-state index in [2.05, 4.69) is 42.7 Å². The summed E-state index contributed by atoms with van der Waals surface area (Å²) in [6.45, 7) is 2.71. The summed E-state index contributed by atoms with van der Waals surface area (Å²) in [5.74, 6) is 1.29. The Morgan fingerprint density at radius 3 is 2.95 bits per heavy atom. The fraction of sp³-hybridized carbons (Fsp3) is 0.231. The molecular formula is C13H15N7. The molecule has 7 heteroatoms. The third-order valence-electron chi connectivity index (χ3n) is 3.13. The lowest BCUT2D eigenvalue weighted by Gasteiger charge is -2.09. The summed E-state index contributed by atoms with van der Waals surface area (Å²) in [5, 5.41) is 14.0. The smallest absolute Gasteiger partial charge is 0.226 e. The van der Waals surface area contributed by atoms with Crippen LogP contribution in [0.4, 0.5) is 11.8 Å². The molecule has 0 unspecified atom stereocenters. The number of H-pyrrole nitrogens is 1. The Morgan fingerprint density at radius 2 is 2.15 bits per heavy atom. The summed E-state index contributed by atoms with van der Waals surface area (Å²) in [6.07, 6.45) is 5.36.